The second kappa shape index (κ2) is 6.21. The van der Waals surface area contributed by atoms with E-state index in [1.165, 1.54) is 5.56 Å². The summed E-state index contributed by atoms with van der Waals surface area (Å²) in [5.74, 6) is 0. The lowest BCUT2D eigenvalue weighted by atomic mass is 9.89. The minimum Gasteiger partial charge on any atom is -0.388 e. The molecule has 20 heavy (non-hydrogen) atoms. The van der Waals surface area contributed by atoms with Crippen LogP contribution < -0.4 is 0 Å². The third-order valence-electron chi connectivity index (χ3n) is 3.53. The van der Waals surface area contributed by atoms with Crippen LogP contribution >= 0.6 is 0 Å². The van der Waals surface area contributed by atoms with Gasteiger partial charge in [0.1, 0.15) is 0 Å². The van der Waals surface area contributed by atoms with Crippen molar-refractivity contribution in [2.24, 2.45) is 0 Å². The third kappa shape index (κ3) is 3.69. The smallest absolute Gasteiger partial charge is 0.0844 e. The Hall–Kier alpha value is -1.64. The Morgan fingerprint density at radius 1 is 0.950 bits per heavy atom. The molecule has 1 atom stereocenters. The van der Waals surface area contributed by atoms with Crippen molar-refractivity contribution in [3.63, 3.8) is 0 Å². The van der Waals surface area contributed by atoms with E-state index in [9.17, 15) is 10.2 Å². The van der Waals surface area contributed by atoms with E-state index in [-0.39, 0.29) is 0 Å². The van der Waals surface area contributed by atoms with E-state index in [0.29, 0.717) is 6.42 Å². The topological polar surface area (TPSA) is 40.5 Å². The molecule has 2 heteroatoms. The van der Waals surface area contributed by atoms with Crippen molar-refractivity contribution in [3.05, 3.63) is 71.3 Å². The summed E-state index contributed by atoms with van der Waals surface area (Å²) in [6.07, 6.45) is 0.914. The predicted octanol–water partition coefficient (Wildman–Crippen LogP) is 3.58. The molecule has 0 saturated heterocycles. The second-order valence-electron chi connectivity index (χ2n) is 5.69. The molecule has 0 aliphatic rings. The lowest BCUT2D eigenvalue weighted by Crippen LogP contribution is -2.19. The number of rotatable bonds is 5. The van der Waals surface area contributed by atoms with Crippen molar-refractivity contribution in [2.45, 2.75) is 38.4 Å². The van der Waals surface area contributed by atoms with E-state index in [4.69, 9.17) is 0 Å². The quantitative estimate of drug-likeness (QED) is 0.872. The number of aliphatic hydroxyl groups excluding tert-OH is 1. The molecule has 0 saturated carbocycles. The van der Waals surface area contributed by atoms with E-state index in [2.05, 4.69) is 12.1 Å². The van der Waals surface area contributed by atoms with Gasteiger partial charge in [-0.1, -0.05) is 54.6 Å². The molecule has 0 radical (unpaired) electrons. The largest absolute Gasteiger partial charge is 0.388 e. The molecule has 2 aromatic rings. The maximum absolute atomic E-state index is 10.4. The Balaban J connectivity index is 2.12. The maximum atomic E-state index is 10.4. The van der Waals surface area contributed by atoms with Crippen molar-refractivity contribution < 1.29 is 10.2 Å². The molecule has 0 heterocycles. The van der Waals surface area contributed by atoms with Crippen LogP contribution in [-0.4, -0.2) is 10.2 Å². The lowest BCUT2D eigenvalue weighted by Gasteiger charge is -2.24. The Bertz CT molecular complexity index is 541. The fourth-order valence-electron chi connectivity index (χ4n) is 2.45. The van der Waals surface area contributed by atoms with Crippen LogP contribution in [0.5, 0.6) is 0 Å². The second-order valence-corrected chi connectivity index (χ2v) is 5.69. The fourth-order valence-corrected chi connectivity index (χ4v) is 2.45. The zero-order chi connectivity index (χ0) is 14.6. The molecular weight excluding hydrogens is 248 g/mol. The molecule has 106 valence electrons. The van der Waals surface area contributed by atoms with Crippen LogP contribution in [0.25, 0.3) is 0 Å². The summed E-state index contributed by atoms with van der Waals surface area (Å²) < 4.78 is 0. The van der Waals surface area contributed by atoms with Gasteiger partial charge >= 0.3 is 0 Å². The van der Waals surface area contributed by atoms with Gasteiger partial charge in [0.25, 0.3) is 0 Å². The minimum atomic E-state index is -0.940. The highest BCUT2D eigenvalue weighted by Crippen LogP contribution is 2.30. The first-order valence-electron chi connectivity index (χ1n) is 7.02. The number of aliphatic hydroxyl groups is 2. The highest BCUT2D eigenvalue weighted by atomic mass is 16.3. The summed E-state index contributed by atoms with van der Waals surface area (Å²) in [7, 11) is 0. The molecular formula is C18H22O2. The van der Waals surface area contributed by atoms with Crippen molar-refractivity contribution in [3.8, 4) is 0 Å². The van der Waals surface area contributed by atoms with Crippen molar-refractivity contribution >= 4 is 0 Å². The standard InChI is InChI=1S/C18H22O2/c1-18(2,20)16-11-7-6-10-15(16)17(19)13-12-14-8-4-3-5-9-14/h3-11,17,19-20H,12-13H2,1-2H3. The van der Waals surface area contributed by atoms with Crippen LogP contribution in [0, 0.1) is 0 Å². The van der Waals surface area contributed by atoms with E-state index >= 15 is 0 Å². The van der Waals surface area contributed by atoms with E-state index in [1.807, 2.05) is 42.5 Å². The van der Waals surface area contributed by atoms with Gasteiger partial charge in [-0.3, -0.25) is 0 Å². The predicted molar refractivity (Wildman–Crippen MR) is 81.4 cm³/mol. The Morgan fingerprint density at radius 3 is 2.20 bits per heavy atom. The van der Waals surface area contributed by atoms with Crippen LogP contribution in [0.1, 0.15) is 43.1 Å². The average Bonchev–Trinajstić information content (AvgIpc) is 2.45. The first-order chi connectivity index (χ1) is 9.48. The Labute approximate surface area is 120 Å². The summed E-state index contributed by atoms with van der Waals surface area (Å²) in [5.41, 5.74) is 1.88. The summed E-state index contributed by atoms with van der Waals surface area (Å²) in [6, 6.07) is 17.7. The zero-order valence-electron chi connectivity index (χ0n) is 12.1. The molecule has 0 spiro atoms. The summed E-state index contributed by atoms with van der Waals surface area (Å²) in [4.78, 5) is 0. The number of hydrogen-bond donors (Lipinski definition) is 2. The van der Waals surface area contributed by atoms with E-state index < -0.39 is 11.7 Å². The van der Waals surface area contributed by atoms with Crippen molar-refractivity contribution in [1.29, 1.82) is 0 Å². The fraction of sp³-hybridized carbons (Fsp3) is 0.333. The van der Waals surface area contributed by atoms with Crippen molar-refractivity contribution in [2.75, 3.05) is 0 Å². The molecule has 0 bridgehead atoms. The average molecular weight is 270 g/mol. The van der Waals surface area contributed by atoms with Gasteiger partial charge < -0.3 is 10.2 Å². The molecule has 0 aliphatic heterocycles. The highest BCUT2D eigenvalue weighted by molar-refractivity contribution is 5.33. The summed E-state index contributed by atoms with van der Waals surface area (Å²) >= 11 is 0. The van der Waals surface area contributed by atoms with Crippen LogP contribution in [0.15, 0.2) is 54.6 Å². The molecule has 0 aliphatic carbocycles. The molecule has 2 aromatic carbocycles. The van der Waals surface area contributed by atoms with Gasteiger partial charge in [0, 0.05) is 0 Å². The third-order valence-corrected chi connectivity index (χ3v) is 3.53. The first kappa shape index (κ1) is 14.8. The van der Waals surface area contributed by atoms with Crippen LogP contribution in [0.2, 0.25) is 0 Å². The maximum Gasteiger partial charge on any atom is 0.0844 e. The van der Waals surface area contributed by atoms with Gasteiger partial charge in [-0.15, -0.1) is 0 Å². The monoisotopic (exact) mass is 270 g/mol. The molecule has 1 unspecified atom stereocenters. The van der Waals surface area contributed by atoms with E-state index in [0.717, 1.165) is 17.5 Å². The molecule has 2 rings (SSSR count). The summed E-state index contributed by atoms with van der Waals surface area (Å²) in [5, 5.41) is 20.6. The van der Waals surface area contributed by atoms with Gasteiger partial charge in [0.05, 0.1) is 11.7 Å². The van der Waals surface area contributed by atoms with Gasteiger partial charge in [0.2, 0.25) is 0 Å². The highest BCUT2D eigenvalue weighted by Gasteiger charge is 2.22. The number of benzene rings is 2. The van der Waals surface area contributed by atoms with Gasteiger partial charge in [-0.05, 0) is 43.4 Å². The minimum absolute atomic E-state index is 0.558. The molecule has 2 nitrogen and oxygen atoms in total. The zero-order valence-corrected chi connectivity index (χ0v) is 12.1. The molecule has 0 amide bonds. The van der Waals surface area contributed by atoms with Crippen LogP contribution in [0.3, 0.4) is 0 Å². The van der Waals surface area contributed by atoms with Gasteiger partial charge in [-0.25, -0.2) is 0 Å². The van der Waals surface area contributed by atoms with Crippen molar-refractivity contribution in [1.82, 2.24) is 0 Å². The Kier molecular flexibility index (Phi) is 4.58. The normalized spacial score (nSPS) is 13.2. The van der Waals surface area contributed by atoms with Crippen LogP contribution in [0.4, 0.5) is 0 Å². The first-order valence-corrected chi connectivity index (χ1v) is 7.02. The Morgan fingerprint density at radius 2 is 1.55 bits per heavy atom. The van der Waals surface area contributed by atoms with Gasteiger partial charge in [-0.2, -0.15) is 0 Å². The molecule has 2 N–H and O–H groups in total. The van der Waals surface area contributed by atoms with Crippen LogP contribution in [-0.2, 0) is 12.0 Å². The SMILES string of the molecule is CC(C)(O)c1ccccc1C(O)CCc1ccccc1. The number of hydrogen-bond acceptors (Lipinski definition) is 2. The summed E-state index contributed by atoms with van der Waals surface area (Å²) in [6.45, 7) is 3.49. The number of aryl methyl sites for hydroxylation is 1. The molecule has 0 fully saturated rings. The lowest BCUT2D eigenvalue weighted by molar-refractivity contribution is 0.0723. The molecule has 0 aromatic heterocycles. The van der Waals surface area contributed by atoms with E-state index in [1.54, 1.807) is 13.8 Å². The van der Waals surface area contributed by atoms with Gasteiger partial charge in [0.15, 0.2) is 0 Å².